The van der Waals surface area contributed by atoms with Crippen LogP contribution in [0.4, 0.5) is 11.4 Å². The number of non-ortho nitro benzene ring substituents is 1. The number of hydrogen-bond acceptors (Lipinski definition) is 4. The number of hydrogen-bond donors (Lipinski definition) is 2. The Morgan fingerprint density at radius 1 is 1.26 bits per heavy atom. The Bertz CT molecular complexity index is 443. The summed E-state index contributed by atoms with van der Waals surface area (Å²) in [5.74, 6) is 0.308. The van der Waals surface area contributed by atoms with E-state index in [-0.39, 0.29) is 17.6 Å². The Balaban J connectivity index is 2.54. The largest absolute Gasteiger partial charge is 0.374 e. The Labute approximate surface area is 112 Å². The highest BCUT2D eigenvalue weighted by molar-refractivity contribution is 5.84. The third kappa shape index (κ3) is 4.95. The average Bonchev–Trinajstić information content (AvgIpc) is 2.36. The minimum atomic E-state index is -0.456. The van der Waals surface area contributed by atoms with E-state index in [1.807, 2.05) is 13.8 Å². The number of carbonyl (C=O) groups excluding carboxylic acids is 1. The van der Waals surface area contributed by atoms with Gasteiger partial charge in [0.05, 0.1) is 4.92 Å². The molecule has 0 saturated heterocycles. The van der Waals surface area contributed by atoms with Gasteiger partial charge in [-0.05, 0) is 25.0 Å². The van der Waals surface area contributed by atoms with E-state index < -0.39 is 4.92 Å². The molecule has 0 radical (unpaired) electrons. The van der Waals surface area contributed by atoms with Crippen molar-refractivity contribution in [2.75, 3.05) is 11.9 Å². The van der Waals surface area contributed by atoms with Crippen molar-refractivity contribution in [1.82, 2.24) is 5.32 Å². The molecular formula is C13H19N3O3. The van der Waals surface area contributed by atoms with Gasteiger partial charge in [0, 0.05) is 24.4 Å². The first-order valence-corrected chi connectivity index (χ1v) is 6.19. The smallest absolute Gasteiger partial charge is 0.269 e. The first-order chi connectivity index (χ1) is 8.90. The molecule has 0 aliphatic rings. The van der Waals surface area contributed by atoms with Gasteiger partial charge in [-0.25, -0.2) is 0 Å². The Morgan fingerprint density at radius 3 is 2.32 bits per heavy atom. The summed E-state index contributed by atoms with van der Waals surface area (Å²) in [6, 6.07) is 5.59. The Hall–Kier alpha value is -2.11. The number of rotatable bonds is 6. The molecule has 1 atom stereocenters. The van der Waals surface area contributed by atoms with Crippen molar-refractivity contribution in [2.24, 2.45) is 5.92 Å². The van der Waals surface area contributed by atoms with Crippen LogP contribution in [0.2, 0.25) is 0 Å². The lowest BCUT2D eigenvalue weighted by Crippen LogP contribution is -2.39. The molecule has 0 aromatic heterocycles. The van der Waals surface area contributed by atoms with Crippen molar-refractivity contribution in [3.63, 3.8) is 0 Å². The highest BCUT2D eigenvalue weighted by Crippen LogP contribution is 2.16. The second-order valence-electron chi connectivity index (χ2n) is 4.81. The molecule has 2 N–H and O–H groups in total. The van der Waals surface area contributed by atoms with Gasteiger partial charge in [-0.2, -0.15) is 0 Å². The fraction of sp³-hybridized carbons (Fsp3) is 0.462. The zero-order chi connectivity index (χ0) is 14.4. The van der Waals surface area contributed by atoms with Crippen LogP contribution in [0, 0.1) is 16.0 Å². The van der Waals surface area contributed by atoms with Crippen LogP contribution >= 0.6 is 0 Å². The van der Waals surface area contributed by atoms with Crippen LogP contribution in [0.5, 0.6) is 0 Å². The SMILES string of the molecule is CC(C)CNC(=O)C(C)Nc1ccc([N+](=O)[O-])cc1. The number of nitro groups is 1. The lowest BCUT2D eigenvalue weighted by Gasteiger charge is -2.16. The van der Waals surface area contributed by atoms with E-state index in [9.17, 15) is 14.9 Å². The quantitative estimate of drug-likeness (QED) is 0.610. The molecular weight excluding hydrogens is 246 g/mol. The van der Waals surface area contributed by atoms with Gasteiger partial charge in [-0.15, -0.1) is 0 Å². The summed E-state index contributed by atoms with van der Waals surface area (Å²) < 4.78 is 0. The van der Waals surface area contributed by atoms with Crippen molar-refractivity contribution in [3.8, 4) is 0 Å². The number of anilines is 1. The summed E-state index contributed by atoms with van der Waals surface area (Å²) in [5.41, 5.74) is 0.709. The third-order valence-electron chi connectivity index (χ3n) is 2.54. The van der Waals surface area contributed by atoms with Crippen molar-refractivity contribution in [3.05, 3.63) is 34.4 Å². The zero-order valence-corrected chi connectivity index (χ0v) is 11.3. The Kier molecular flexibility index (Phi) is 5.29. The number of nitrogens with zero attached hydrogens (tertiary/aromatic N) is 1. The van der Waals surface area contributed by atoms with Crippen LogP contribution < -0.4 is 10.6 Å². The summed E-state index contributed by atoms with van der Waals surface area (Å²) >= 11 is 0. The molecule has 0 saturated carbocycles. The minimum Gasteiger partial charge on any atom is -0.374 e. The van der Waals surface area contributed by atoms with Gasteiger partial charge in [0.1, 0.15) is 6.04 Å². The van der Waals surface area contributed by atoms with Crippen LogP contribution in [-0.4, -0.2) is 23.4 Å². The van der Waals surface area contributed by atoms with Crippen molar-refractivity contribution >= 4 is 17.3 Å². The molecule has 0 heterocycles. The minimum absolute atomic E-state index is 0.0301. The van der Waals surface area contributed by atoms with Gasteiger partial charge in [0.2, 0.25) is 5.91 Å². The van der Waals surface area contributed by atoms with Crippen LogP contribution in [0.1, 0.15) is 20.8 Å². The number of amides is 1. The molecule has 6 heteroatoms. The molecule has 6 nitrogen and oxygen atoms in total. The topological polar surface area (TPSA) is 84.3 Å². The first-order valence-electron chi connectivity index (χ1n) is 6.19. The molecule has 1 amide bonds. The monoisotopic (exact) mass is 265 g/mol. The predicted molar refractivity (Wildman–Crippen MR) is 74.0 cm³/mol. The Morgan fingerprint density at radius 2 is 1.84 bits per heavy atom. The predicted octanol–water partition coefficient (Wildman–Crippen LogP) is 2.17. The van der Waals surface area contributed by atoms with E-state index in [2.05, 4.69) is 10.6 Å². The summed E-state index contributed by atoms with van der Waals surface area (Å²) in [7, 11) is 0. The molecule has 0 bridgehead atoms. The maximum Gasteiger partial charge on any atom is 0.269 e. The maximum absolute atomic E-state index is 11.7. The van der Waals surface area contributed by atoms with E-state index in [1.54, 1.807) is 19.1 Å². The second-order valence-corrected chi connectivity index (χ2v) is 4.81. The van der Waals surface area contributed by atoms with Crippen LogP contribution in [0.25, 0.3) is 0 Å². The molecule has 0 aliphatic carbocycles. The highest BCUT2D eigenvalue weighted by atomic mass is 16.6. The summed E-state index contributed by atoms with van der Waals surface area (Å²) in [6.45, 7) is 6.42. The standard InChI is InChI=1S/C13H19N3O3/c1-9(2)8-14-13(17)10(3)15-11-4-6-12(7-5-11)16(18)19/h4-7,9-10,15H,8H2,1-3H3,(H,14,17). The third-order valence-corrected chi connectivity index (χ3v) is 2.54. The van der Waals surface area contributed by atoms with Gasteiger partial charge in [-0.3, -0.25) is 14.9 Å². The van der Waals surface area contributed by atoms with Gasteiger partial charge in [0.25, 0.3) is 5.69 Å². The van der Waals surface area contributed by atoms with E-state index in [0.29, 0.717) is 18.2 Å². The molecule has 104 valence electrons. The van der Waals surface area contributed by atoms with Gasteiger partial charge in [0.15, 0.2) is 0 Å². The fourth-order valence-corrected chi connectivity index (χ4v) is 1.45. The summed E-state index contributed by atoms with van der Waals surface area (Å²) in [6.07, 6.45) is 0. The van der Waals surface area contributed by atoms with E-state index >= 15 is 0 Å². The van der Waals surface area contributed by atoms with Crippen molar-refractivity contribution in [1.29, 1.82) is 0 Å². The normalized spacial score (nSPS) is 12.0. The molecule has 19 heavy (non-hydrogen) atoms. The number of carbonyl (C=O) groups is 1. The summed E-state index contributed by atoms with van der Waals surface area (Å²) in [5, 5.41) is 16.3. The maximum atomic E-state index is 11.7. The van der Waals surface area contributed by atoms with Crippen molar-refractivity contribution in [2.45, 2.75) is 26.8 Å². The fourth-order valence-electron chi connectivity index (χ4n) is 1.45. The van der Waals surface area contributed by atoms with E-state index in [0.717, 1.165) is 0 Å². The van der Waals surface area contributed by atoms with E-state index in [4.69, 9.17) is 0 Å². The van der Waals surface area contributed by atoms with Crippen LogP contribution in [0.15, 0.2) is 24.3 Å². The van der Waals surface area contributed by atoms with Gasteiger partial charge < -0.3 is 10.6 Å². The lowest BCUT2D eigenvalue weighted by atomic mass is 10.2. The lowest BCUT2D eigenvalue weighted by molar-refractivity contribution is -0.384. The van der Waals surface area contributed by atoms with Gasteiger partial charge in [-0.1, -0.05) is 13.8 Å². The number of nitro benzene ring substituents is 1. The van der Waals surface area contributed by atoms with Crippen LogP contribution in [-0.2, 0) is 4.79 Å². The molecule has 1 aromatic carbocycles. The molecule has 0 spiro atoms. The van der Waals surface area contributed by atoms with Crippen molar-refractivity contribution < 1.29 is 9.72 Å². The van der Waals surface area contributed by atoms with E-state index in [1.165, 1.54) is 12.1 Å². The highest BCUT2D eigenvalue weighted by Gasteiger charge is 2.13. The molecule has 1 aromatic rings. The number of nitrogens with one attached hydrogen (secondary N) is 2. The average molecular weight is 265 g/mol. The number of benzene rings is 1. The molecule has 1 rings (SSSR count). The molecule has 1 unspecified atom stereocenters. The summed E-state index contributed by atoms with van der Waals surface area (Å²) in [4.78, 5) is 21.8. The van der Waals surface area contributed by atoms with Crippen LogP contribution in [0.3, 0.4) is 0 Å². The molecule has 0 fully saturated rings. The van der Waals surface area contributed by atoms with Gasteiger partial charge >= 0.3 is 0 Å². The second kappa shape index (κ2) is 6.72. The zero-order valence-electron chi connectivity index (χ0n) is 11.3. The molecule has 0 aliphatic heterocycles. The first kappa shape index (κ1) is 14.9.